The van der Waals surface area contributed by atoms with E-state index >= 15 is 0 Å². The van der Waals surface area contributed by atoms with Gasteiger partial charge in [-0.1, -0.05) is 17.7 Å². The maximum atomic E-state index is 9.26. The zero-order valence-corrected chi connectivity index (χ0v) is 9.25. The lowest BCUT2D eigenvalue weighted by Gasteiger charge is -2.23. The summed E-state index contributed by atoms with van der Waals surface area (Å²) in [6.45, 7) is 8.38. The van der Waals surface area contributed by atoms with Gasteiger partial charge in [0.05, 0.1) is 6.61 Å². The summed E-state index contributed by atoms with van der Waals surface area (Å²) in [5, 5.41) is 9.26. The number of hydrogen-bond donors (Lipinski definition) is 1. The molecule has 0 aliphatic heterocycles. The third-order valence-corrected chi connectivity index (χ3v) is 2.51. The molecule has 0 heterocycles. The van der Waals surface area contributed by atoms with Crippen molar-refractivity contribution in [3.8, 4) is 0 Å². The summed E-state index contributed by atoms with van der Waals surface area (Å²) in [5.41, 5.74) is 3.38. The van der Waals surface area contributed by atoms with Gasteiger partial charge in [-0.2, -0.15) is 0 Å². The van der Waals surface area contributed by atoms with Crippen molar-refractivity contribution in [2.24, 2.45) is 0 Å². The van der Waals surface area contributed by atoms with Gasteiger partial charge in [0.2, 0.25) is 0 Å². The van der Waals surface area contributed by atoms with Crippen molar-refractivity contribution in [2.75, 3.05) is 18.0 Å². The Morgan fingerprint density at radius 3 is 2.36 bits per heavy atom. The highest BCUT2D eigenvalue weighted by molar-refractivity contribution is 5.54. The van der Waals surface area contributed by atoms with Crippen LogP contribution in [0.1, 0.15) is 25.0 Å². The molecule has 0 aromatic heterocycles. The van der Waals surface area contributed by atoms with Crippen molar-refractivity contribution >= 4 is 5.69 Å². The molecule has 1 aromatic carbocycles. The van der Waals surface area contributed by atoms with Crippen LogP contribution in [0.2, 0.25) is 0 Å². The summed E-state index contributed by atoms with van der Waals surface area (Å²) in [4.78, 5) is 2.25. The molecule has 0 fully saturated rings. The molecular weight excluding hydrogens is 174 g/mol. The molecule has 1 rings (SSSR count). The predicted octanol–water partition coefficient (Wildman–Crippen LogP) is 2.33. The number of rotatable bonds is 4. The Morgan fingerprint density at radius 2 is 1.86 bits per heavy atom. The van der Waals surface area contributed by atoms with E-state index in [1.165, 1.54) is 5.56 Å². The molecule has 1 aromatic rings. The van der Waals surface area contributed by atoms with Crippen molar-refractivity contribution < 1.29 is 5.11 Å². The zero-order valence-electron chi connectivity index (χ0n) is 9.25. The van der Waals surface area contributed by atoms with Crippen LogP contribution in [0.5, 0.6) is 0 Å². The first-order valence-electron chi connectivity index (χ1n) is 5.18. The second-order valence-corrected chi connectivity index (χ2v) is 3.46. The van der Waals surface area contributed by atoms with Gasteiger partial charge in [-0.05, 0) is 26.8 Å². The smallest absolute Gasteiger partial charge is 0.0702 e. The van der Waals surface area contributed by atoms with Gasteiger partial charge < -0.3 is 10.0 Å². The monoisotopic (exact) mass is 193 g/mol. The molecule has 78 valence electrons. The Morgan fingerprint density at radius 1 is 1.21 bits per heavy atom. The summed E-state index contributed by atoms with van der Waals surface area (Å²) >= 11 is 0. The van der Waals surface area contributed by atoms with E-state index in [0.717, 1.165) is 24.3 Å². The molecule has 0 atom stereocenters. The fourth-order valence-electron chi connectivity index (χ4n) is 1.71. The number of nitrogens with zero attached hydrogens (tertiary/aromatic N) is 1. The van der Waals surface area contributed by atoms with Crippen LogP contribution < -0.4 is 4.90 Å². The largest absolute Gasteiger partial charge is 0.392 e. The van der Waals surface area contributed by atoms with E-state index in [-0.39, 0.29) is 6.61 Å². The molecule has 0 aliphatic rings. The normalized spacial score (nSPS) is 10.3. The molecule has 0 bridgehead atoms. The van der Waals surface area contributed by atoms with Crippen LogP contribution in [0.4, 0.5) is 5.69 Å². The lowest BCUT2D eigenvalue weighted by Crippen LogP contribution is -2.23. The minimum atomic E-state index is 0.119. The Hall–Kier alpha value is -1.02. The molecule has 1 N–H and O–H groups in total. The van der Waals surface area contributed by atoms with Gasteiger partial charge in [-0.3, -0.25) is 0 Å². The number of aliphatic hydroxyl groups excluding tert-OH is 1. The van der Waals surface area contributed by atoms with E-state index < -0.39 is 0 Å². The SMILES string of the molecule is CCN(CC)c1ccc(C)cc1CO. The highest BCUT2D eigenvalue weighted by Gasteiger charge is 2.06. The van der Waals surface area contributed by atoms with Gasteiger partial charge in [0.25, 0.3) is 0 Å². The maximum Gasteiger partial charge on any atom is 0.0702 e. The van der Waals surface area contributed by atoms with Crippen LogP contribution in [0.3, 0.4) is 0 Å². The standard InChI is InChI=1S/C12H19NO/c1-4-13(5-2)12-7-6-10(3)8-11(12)9-14/h6-8,14H,4-5,9H2,1-3H3. The van der Waals surface area contributed by atoms with Crippen LogP contribution >= 0.6 is 0 Å². The van der Waals surface area contributed by atoms with E-state index in [9.17, 15) is 5.11 Å². The minimum Gasteiger partial charge on any atom is -0.392 e. The lowest BCUT2D eigenvalue weighted by molar-refractivity contribution is 0.282. The van der Waals surface area contributed by atoms with E-state index in [1.807, 2.05) is 13.0 Å². The van der Waals surface area contributed by atoms with Crippen LogP contribution in [0.15, 0.2) is 18.2 Å². The van der Waals surface area contributed by atoms with Crippen LogP contribution in [0, 0.1) is 6.92 Å². The van der Waals surface area contributed by atoms with Crippen molar-refractivity contribution in [1.82, 2.24) is 0 Å². The first kappa shape index (κ1) is 11.1. The van der Waals surface area contributed by atoms with Crippen LogP contribution in [0.25, 0.3) is 0 Å². The highest BCUT2D eigenvalue weighted by Crippen LogP contribution is 2.21. The number of benzene rings is 1. The molecule has 14 heavy (non-hydrogen) atoms. The molecule has 2 heteroatoms. The maximum absolute atomic E-state index is 9.26. The van der Waals surface area contributed by atoms with Gasteiger partial charge in [-0.25, -0.2) is 0 Å². The molecule has 2 nitrogen and oxygen atoms in total. The molecule has 0 saturated heterocycles. The fourth-order valence-corrected chi connectivity index (χ4v) is 1.71. The summed E-state index contributed by atoms with van der Waals surface area (Å²) in [6.07, 6.45) is 0. The van der Waals surface area contributed by atoms with Crippen molar-refractivity contribution in [2.45, 2.75) is 27.4 Å². The second kappa shape index (κ2) is 5.01. The zero-order chi connectivity index (χ0) is 10.6. The topological polar surface area (TPSA) is 23.5 Å². The van der Waals surface area contributed by atoms with E-state index in [4.69, 9.17) is 0 Å². The Kier molecular flexibility index (Phi) is 3.96. The van der Waals surface area contributed by atoms with Gasteiger partial charge >= 0.3 is 0 Å². The summed E-state index contributed by atoms with van der Waals surface area (Å²) < 4.78 is 0. The fraction of sp³-hybridized carbons (Fsp3) is 0.500. The highest BCUT2D eigenvalue weighted by atomic mass is 16.3. The molecule has 0 radical (unpaired) electrons. The van der Waals surface area contributed by atoms with E-state index in [2.05, 4.69) is 30.9 Å². The third-order valence-electron chi connectivity index (χ3n) is 2.51. The predicted molar refractivity (Wildman–Crippen MR) is 60.7 cm³/mol. The second-order valence-electron chi connectivity index (χ2n) is 3.46. The van der Waals surface area contributed by atoms with Gasteiger partial charge in [0.1, 0.15) is 0 Å². The molecular formula is C12H19NO. The van der Waals surface area contributed by atoms with E-state index in [0.29, 0.717) is 0 Å². The molecule has 0 amide bonds. The number of aliphatic hydroxyl groups is 1. The van der Waals surface area contributed by atoms with Crippen molar-refractivity contribution in [3.05, 3.63) is 29.3 Å². The van der Waals surface area contributed by atoms with E-state index in [1.54, 1.807) is 0 Å². The lowest BCUT2D eigenvalue weighted by atomic mass is 10.1. The summed E-state index contributed by atoms with van der Waals surface area (Å²) in [5.74, 6) is 0. The van der Waals surface area contributed by atoms with Gasteiger partial charge in [0.15, 0.2) is 0 Å². The van der Waals surface area contributed by atoms with Gasteiger partial charge in [0, 0.05) is 24.3 Å². The third kappa shape index (κ3) is 2.26. The Labute approximate surface area is 86.2 Å². The average molecular weight is 193 g/mol. The average Bonchev–Trinajstić information content (AvgIpc) is 2.21. The molecule has 0 aliphatic carbocycles. The summed E-state index contributed by atoms with van der Waals surface area (Å²) in [7, 11) is 0. The summed E-state index contributed by atoms with van der Waals surface area (Å²) in [6, 6.07) is 6.23. The number of hydrogen-bond acceptors (Lipinski definition) is 2. The minimum absolute atomic E-state index is 0.119. The van der Waals surface area contributed by atoms with Crippen LogP contribution in [-0.2, 0) is 6.61 Å². The first-order valence-corrected chi connectivity index (χ1v) is 5.18. The quantitative estimate of drug-likeness (QED) is 0.793. The molecule has 0 saturated carbocycles. The number of aryl methyl sites for hydroxylation is 1. The molecule has 0 spiro atoms. The van der Waals surface area contributed by atoms with Crippen molar-refractivity contribution in [1.29, 1.82) is 0 Å². The van der Waals surface area contributed by atoms with Crippen molar-refractivity contribution in [3.63, 3.8) is 0 Å². The number of anilines is 1. The Bertz CT molecular complexity index is 292. The first-order chi connectivity index (χ1) is 6.72. The molecule has 0 unspecified atom stereocenters. The van der Waals surface area contributed by atoms with Crippen LogP contribution in [-0.4, -0.2) is 18.2 Å². The van der Waals surface area contributed by atoms with Gasteiger partial charge in [-0.15, -0.1) is 0 Å². The Balaban J connectivity index is 3.06.